The Morgan fingerprint density at radius 1 is 1.28 bits per heavy atom. The van der Waals surface area contributed by atoms with Gasteiger partial charge in [-0.25, -0.2) is 0 Å². The standard InChI is InChI=1S/C23H32N4OS/c1-18(2)20-12-10-19(11-13-20)16-26(3)17-22-24-25-23(27(22)4)29-15-14-28-21-8-6-5-7-9-21/h5-10,20H,1,11-17H2,2-4H3/t20-/m1/s1. The van der Waals surface area contributed by atoms with Crippen LogP contribution in [0.3, 0.4) is 0 Å². The first-order chi connectivity index (χ1) is 14.0. The van der Waals surface area contributed by atoms with E-state index < -0.39 is 0 Å². The minimum Gasteiger partial charge on any atom is -0.493 e. The minimum absolute atomic E-state index is 0.649. The Balaban J connectivity index is 1.43. The number of allylic oxidation sites excluding steroid dienone is 2. The molecule has 5 nitrogen and oxygen atoms in total. The van der Waals surface area contributed by atoms with Gasteiger partial charge in [-0.2, -0.15) is 0 Å². The van der Waals surface area contributed by atoms with Gasteiger partial charge >= 0.3 is 0 Å². The molecule has 1 aliphatic carbocycles. The maximum Gasteiger partial charge on any atom is 0.191 e. The van der Waals surface area contributed by atoms with E-state index in [1.54, 1.807) is 11.8 Å². The third kappa shape index (κ3) is 6.47. The van der Waals surface area contributed by atoms with Crippen molar-refractivity contribution in [1.82, 2.24) is 19.7 Å². The van der Waals surface area contributed by atoms with Crippen LogP contribution < -0.4 is 4.74 Å². The molecule has 1 aromatic heterocycles. The van der Waals surface area contributed by atoms with E-state index in [4.69, 9.17) is 4.74 Å². The van der Waals surface area contributed by atoms with E-state index >= 15 is 0 Å². The molecule has 0 saturated carbocycles. The molecule has 0 saturated heterocycles. The lowest BCUT2D eigenvalue weighted by Crippen LogP contribution is -2.24. The Morgan fingerprint density at radius 2 is 2.07 bits per heavy atom. The molecule has 6 heteroatoms. The molecule has 1 aromatic carbocycles. The number of hydrogen-bond donors (Lipinski definition) is 0. The van der Waals surface area contributed by atoms with E-state index in [9.17, 15) is 0 Å². The summed E-state index contributed by atoms with van der Waals surface area (Å²) < 4.78 is 7.84. The van der Waals surface area contributed by atoms with Crippen molar-refractivity contribution in [1.29, 1.82) is 0 Å². The summed E-state index contributed by atoms with van der Waals surface area (Å²) >= 11 is 1.68. The van der Waals surface area contributed by atoms with Crippen molar-refractivity contribution in [3.8, 4) is 5.75 Å². The summed E-state index contributed by atoms with van der Waals surface area (Å²) in [5.74, 6) is 3.40. The van der Waals surface area contributed by atoms with Gasteiger partial charge in [0.25, 0.3) is 0 Å². The van der Waals surface area contributed by atoms with Gasteiger partial charge in [0.05, 0.1) is 13.2 Å². The number of rotatable bonds is 10. The maximum atomic E-state index is 5.75. The first-order valence-corrected chi connectivity index (χ1v) is 11.2. The molecule has 3 rings (SSSR count). The zero-order valence-electron chi connectivity index (χ0n) is 17.8. The molecule has 0 fully saturated rings. The Morgan fingerprint density at radius 3 is 2.76 bits per heavy atom. The average molecular weight is 413 g/mol. The SMILES string of the molecule is C=C(C)[C@@H]1CC=C(CN(C)Cc2nnc(SCCOc3ccccc3)n2C)CC1. The Kier molecular flexibility index (Phi) is 7.95. The number of hydrogen-bond acceptors (Lipinski definition) is 5. The van der Waals surface area contributed by atoms with Crippen LogP contribution in [0.25, 0.3) is 0 Å². The van der Waals surface area contributed by atoms with Crippen molar-refractivity contribution in [3.63, 3.8) is 0 Å². The molecule has 0 bridgehead atoms. The van der Waals surface area contributed by atoms with Crippen LogP contribution in [0, 0.1) is 5.92 Å². The highest BCUT2D eigenvalue weighted by Crippen LogP contribution is 2.28. The molecule has 0 spiro atoms. The van der Waals surface area contributed by atoms with E-state index in [0.29, 0.717) is 12.5 Å². The van der Waals surface area contributed by atoms with Gasteiger partial charge in [0.1, 0.15) is 11.6 Å². The van der Waals surface area contributed by atoms with Crippen LogP contribution in [-0.2, 0) is 13.6 Å². The van der Waals surface area contributed by atoms with Crippen molar-refractivity contribution >= 4 is 11.8 Å². The van der Waals surface area contributed by atoms with Crippen molar-refractivity contribution in [3.05, 3.63) is 60.0 Å². The molecular formula is C23H32N4OS. The van der Waals surface area contributed by atoms with Crippen LogP contribution in [0.5, 0.6) is 5.75 Å². The van der Waals surface area contributed by atoms with Crippen LogP contribution in [0.1, 0.15) is 32.0 Å². The number of ether oxygens (including phenoxy) is 1. The second-order valence-corrected chi connectivity index (χ2v) is 8.88. The number of likely N-dealkylation sites (N-methyl/N-ethyl adjacent to an activating group) is 1. The third-order valence-corrected chi connectivity index (χ3v) is 6.32. The lowest BCUT2D eigenvalue weighted by atomic mass is 9.85. The van der Waals surface area contributed by atoms with Gasteiger partial charge in [0.15, 0.2) is 5.16 Å². The van der Waals surface area contributed by atoms with Crippen LogP contribution >= 0.6 is 11.8 Å². The lowest BCUT2D eigenvalue weighted by molar-refractivity contribution is 0.330. The van der Waals surface area contributed by atoms with Gasteiger partial charge in [0.2, 0.25) is 0 Å². The predicted octanol–water partition coefficient (Wildman–Crippen LogP) is 4.72. The smallest absolute Gasteiger partial charge is 0.191 e. The van der Waals surface area contributed by atoms with Crippen molar-refractivity contribution in [2.75, 3.05) is 26.0 Å². The van der Waals surface area contributed by atoms with Crippen LogP contribution in [-0.4, -0.2) is 45.6 Å². The van der Waals surface area contributed by atoms with E-state index in [2.05, 4.69) is 46.3 Å². The summed E-state index contributed by atoms with van der Waals surface area (Å²) in [7, 11) is 4.20. The van der Waals surface area contributed by atoms with Gasteiger partial charge in [-0.3, -0.25) is 4.90 Å². The summed E-state index contributed by atoms with van der Waals surface area (Å²) in [6, 6.07) is 9.90. The van der Waals surface area contributed by atoms with E-state index in [1.165, 1.54) is 24.0 Å². The number of para-hydroxylation sites is 1. The zero-order chi connectivity index (χ0) is 20.6. The van der Waals surface area contributed by atoms with Crippen LogP contribution in [0.4, 0.5) is 0 Å². The topological polar surface area (TPSA) is 43.2 Å². The van der Waals surface area contributed by atoms with E-state index in [0.717, 1.165) is 42.0 Å². The molecule has 29 heavy (non-hydrogen) atoms. The first kappa shape index (κ1) is 21.7. The summed E-state index contributed by atoms with van der Waals surface area (Å²) in [5.41, 5.74) is 2.84. The fourth-order valence-corrected chi connectivity index (χ4v) is 4.29. The summed E-state index contributed by atoms with van der Waals surface area (Å²) in [4.78, 5) is 2.32. The number of aromatic nitrogens is 3. The molecule has 0 unspecified atom stereocenters. The molecule has 0 aliphatic heterocycles. The van der Waals surface area contributed by atoms with Crippen molar-refractivity contribution < 1.29 is 4.74 Å². The van der Waals surface area contributed by atoms with Crippen LogP contribution in [0.15, 0.2) is 59.3 Å². The quantitative estimate of drug-likeness (QED) is 0.321. The molecule has 1 aliphatic rings. The highest BCUT2D eigenvalue weighted by Gasteiger charge is 2.17. The third-order valence-electron chi connectivity index (χ3n) is 5.34. The molecule has 0 amide bonds. The molecule has 0 radical (unpaired) electrons. The summed E-state index contributed by atoms with van der Waals surface area (Å²) in [5, 5.41) is 9.69. The highest BCUT2D eigenvalue weighted by atomic mass is 32.2. The second kappa shape index (κ2) is 10.6. The summed E-state index contributed by atoms with van der Waals surface area (Å²) in [6.07, 6.45) is 5.94. The maximum absolute atomic E-state index is 5.75. The average Bonchev–Trinajstić information content (AvgIpc) is 3.06. The molecule has 1 heterocycles. The fraction of sp³-hybridized carbons (Fsp3) is 0.478. The summed E-state index contributed by atoms with van der Waals surface area (Å²) in [6.45, 7) is 8.69. The molecular weight excluding hydrogens is 380 g/mol. The number of benzene rings is 1. The second-order valence-electron chi connectivity index (χ2n) is 7.82. The molecule has 2 aromatic rings. The van der Waals surface area contributed by atoms with E-state index in [-0.39, 0.29) is 0 Å². The largest absolute Gasteiger partial charge is 0.493 e. The molecule has 156 valence electrons. The molecule has 1 atom stereocenters. The predicted molar refractivity (Wildman–Crippen MR) is 120 cm³/mol. The van der Waals surface area contributed by atoms with Gasteiger partial charge < -0.3 is 9.30 Å². The minimum atomic E-state index is 0.649. The lowest BCUT2D eigenvalue weighted by Gasteiger charge is -2.25. The Labute approximate surface area is 178 Å². The Bertz CT molecular complexity index is 831. The number of nitrogens with zero attached hydrogens (tertiary/aromatic N) is 4. The van der Waals surface area contributed by atoms with Crippen LogP contribution in [0.2, 0.25) is 0 Å². The highest BCUT2D eigenvalue weighted by molar-refractivity contribution is 7.99. The van der Waals surface area contributed by atoms with Crippen molar-refractivity contribution in [2.24, 2.45) is 13.0 Å². The monoisotopic (exact) mass is 412 g/mol. The van der Waals surface area contributed by atoms with Gasteiger partial charge in [0, 0.05) is 19.3 Å². The zero-order valence-corrected chi connectivity index (χ0v) is 18.6. The van der Waals surface area contributed by atoms with E-state index in [1.807, 2.05) is 37.4 Å². The Hall–Kier alpha value is -2.05. The van der Waals surface area contributed by atoms with Gasteiger partial charge in [-0.05, 0) is 51.3 Å². The van der Waals surface area contributed by atoms with Gasteiger partial charge in [-0.1, -0.05) is 53.8 Å². The van der Waals surface area contributed by atoms with Crippen molar-refractivity contribution in [2.45, 2.75) is 37.9 Å². The van der Waals surface area contributed by atoms with Gasteiger partial charge in [-0.15, -0.1) is 10.2 Å². The number of thioether (sulfide) groups is 1. The fourth-order valence-electron chi connectivity index (χ4n) is 3.54. The normalized spacial score (nSPS) is 16.7. The first-order valence-electron chi connectivity index (χ1n) is 10.2. The molecule has 0 N–H and O–H groups in total.